The molecule has 3 rings (SSSR count). The van der Waals surface area contributed by atoms with Crippen LogP contribution in [0.5, 0.6) is 0 Å². The Labute approximate surface area is 118 Å². The summed E-state index contributed by atoms with van der Waals surface area (Å²) in [6, 6.07) is 5.79. The quantitative estimate of drug-likeness (QED) is 0.864. The van der Waals surface area contributed by atoms with E-state index in [0.29, 0.717) is 18.9 Å². The molecule has 1 aromatic rings. The molecular weight excluding hydrogens is 256 g/mol. The Morgan fingerprint density at radius 1 is 1.55 bits per heavy atom. The lowest BCUT2D eigenvalue weighted by molar-refractivity contribution is -0.129. The summed E-state index contributed by atoms with van der Waals surface area (Å²) in [7, 11) is 1.69. The number of ether oxygens (including phenoxy) is 2. The molecule has 1 aromatic heterocycles. The summed E-state index contributed by atoms with van der Waals surface area (Å²) in [6.07, 6.45) is 3.32. The van der Waals surface area contributed by atoms with Gasteiger partial charge in [-0.15, -0.1) is 0 Å². The van der Waals surface area contributed by atoms with Gasteiger partial charge in [0.25, 0.3) is 0 Å². The van der Waals surface area contributed by atoms with E-state index in [4.69, 9.17) is 9.47 Å². The maximum absolute atomic E-state index is 12.1. The molecule has 20 heavy (non-hydrogen) atoms. The van der Waals surface area contributed by atoms with Gasteiger partial charge in [-0.2, -0.15) is 0 Å². The van der Waals surface area contributed by atoms with Crippen LogP contribution in [0.1, 0.15) is 12.1 Å². The minimum Gasteiger partial charge on any atom is -0.384 e. The van der Waals surface area contributed by atoms with E-state index in [0.717, 1.165) is 18.7 Å². The molecule has 0 spiro atoms. The molecule has 0 radical (unpaired) electrons. The van der Waals surface area contributed by atoms with E-state index < -0.39 is 0 Å². The van der Waals surface area contributed by atoms with Crippen molar-refractivity contribution >= 4 is 5.91 Å². The molecule has 0 bridgehead atoms. The van der Waals surface area contributed by atoms with Crippen molar-refractivity contribution in [3.05, 3.63) is 30.1 Å². The molecule has 1 N–H and O–H groups in total. The van der Waals surface area contributed by atoms with Crippen LogP contribution in [-0.2, 0) is 20.7 Å². The first-order chi connectivity index (χ1) is 9.79. The van der Waals surface area contributed by atoms with Crippen LogP contribution in [-0.4, -0.2) is 43.4 Å². The fraction of sp³-hybridized carbons (Fsp3) is 0.600. The smallest absolute Gasteiger partial charge is 0.226 e. The van der Waals surface area contributed by atoms with E-state index in [9.17, 15) is 4.79 Å². The summed E-state index contributed by atoms with van der Waals surface area (Å²) >= 11 is 0. The number of nitrogens with zero attached hydrogens (tertiary/aromatic N) is 1. The zero-order valence-electron chi connectivity index (χ0n) is 11.6. The number of carbonyl (C=O) groups excluding carboxylic acids is 1. The lowest BCUT2D eigenvalue weighted by atomic mass is 9.67. The topological polar surface area (TPSA) is 60.5 Å². The van der Waals surface area contributed by atoms with Gasteiger partial charge in [0.15, 0.2) is 0 Å². The molecule has 2 fully saturated rings. The number of methoxy groups -OCH3 is 1. The van der Waals surface area contributed by atoms with Gasteiger partial charge in [0.05, 0.1) is 19.1 Å². The molecule has 4 atom stereocenters. The van der Waals surface area contributed by atoms with Crippen LogP contribution in [0.2, 0.25) is 0 Å². The molecule has 2 heterocycles. The normalized spacial score (nSPS) is 31.4. The van der Waals surface area contributed by atoms with Crippen LogP contribution in [0.25, 0.3) is 0 Å². The molecule has 1 saturated heterocycles. The third kappa shape index (κ3) is 2.55. The first-order valence-electron chi connectivity index (χ1n) is 7.09. The fourth-order valence-electron chi connectivity index (χ4n) is 3.34. The molecule has 1 aliphatic carbocycles. The Bertz CT molecular complexity index is 465. The zero-order valence-corrected chi connectivity index (χ0v) is 11.6. The SMILES string of the molecule is COC[C@@H]1[C@@H](NC(=O)Cc2ccccn2)[C@@H]2CCO[C@H]12. The van der Waals surface area contributed by atoms with Crippen molar-refractivity contribution in [3.63, 3.8) is 0 Å². The Morgan fingerprint density at radius 2 is 2.45 bits per heavy atom. The fourth-order valence-corrected chi connectivity index (χ4v) is 3.34. The first kappa shape index (κ1) is 13.5. The minimum atomic E-state index is 0.0279. The summed E-state index contributed by atoms with van der Waals surface area (Å²) < 4.78 is 10.9. The lowest BCUT2D eigenvalue weighted by Gasteiger charge is -2.47. The monoisotopic (exact) mass is 276 g/mol. The molecule has 0 aromatic carbocycles. The van der Waals surface area contributed by atoms with E-state index in [1.54, 1.807) is 13.3 Å². The average Bonchev–Trinajstić information content (AvgIpc) is 2.88. The number of nitrogens with one attached hydrogen (secondary N) is 1. The van der Waals surface area contributed by atoms with Crippen LogP contribution < -0.4 is 5.32 Å². The average molecular weight is 276 g/mol. The second-order valence-corrected chi connectivity index (χ2v) is 5.50. The van der Waals surface area contributed by atoms with Crippen molar-refractivity contribution in [2.75, 3.05) is 20.3 Å². The summed E-state index contributed by atoms with van der Waals surface area (Å²) in [4.78, 5) is 16.3. The molecule has 0 unspecified atom stereocenters. The summed E-state index contributed by atoms with van der Waals surface area (Å²) in [5.74, 6) is 0.753. The largest absolute Gasteiger partial charge is 0.384 e. The van der Waals surface area contributed by atoms with Crippen molar-refractivity contribution in [1.82, 2.24) is 10.3 Å². The predicted molar refractivity (Wildman–Crippen MR) is 73.1 cm³/mol. The van der Waals surface area contributed by atoms with Crippen molar-refractivity contribution < 1.29 is 14.3 Å². The van der Waals surface area contributed by atoms with Crippen molar-refractivity contribution in [2.24, 2.45) is 11.8 Å². The highest BCUT2D eigenvalue weighted by Crippen LogP contribution is 2.43. The molecule has 1 amide bonds. The van der Waals surface area contributed by atoms with Gasteiger partial charge in [-0.05, 0) is 18.6 Å². The number of hydrogen-bond acceptors (Lipinski definition) is 4. The summed E-state index contributed by atoms with van der Waals surface area (Å²) in [5, 5.41) is 3.13. The minimum absolute atomic E-state index is 0.0279. The molecule has 108 valence electrons. The molecule has 2 aliphatic rings. The molecular formula is C15H20N2O3. The van der Waals surface area contributed by atoms with Gasteiger partial charge in [-0.1, -0.05) is 6.07 Å². The Morgan fingerprint density at radius 3 is 3.20 bits per heavy atom. The van der Waals surface area contributed by atoms with Gasteiger partial charge in [-0.25, -0.2) is 0 Å². The third-order valence-corrected chi connectivity index (χ3v) is 4.28. The number of hydrogen-bond donors (Lipinski definition) is 1. The highest BCUT2D eigenvalue weighted by atomic mass is 16.5. The van der Waals surface area contributed by atoms with Gasteiger partial charge >= 0.3 is 0 Å². The maximum Gasteiger partial charge on any atom is 0.226 e. The standard InChI is InChI=1S/C15H20N2O3/c1-19-9-12-14(11-5-7-20-15(11)12)17-13(18)8-10-4-2-3-6-16-10/h2-4,6,11-12,14-15H,5,7-9H2,1H3,(H,17,18)/t11-,12+,14-,15-/m0/s1. The van der Waals surface area contributed by atoms with Crippen molar-refractivity contribution in [1.29, 1.82) is 0 Å². The van der Waals surface area contributed by atoms with Gasteiger partial charge < -0.3 is 14.8 Å². The van der Waals surface area contributed by atoms with Gasteiger partial charge in [0.1, 0.15) is 0 Å². The first-order valence-corrected chi connectivity index (χ1v) is 7.09. The zero-order chi connectivity index (χ0) is 13.9. The van der Waals surface area contributed by atoms with E-state index in [-0.39, 0.29) is 24.0 Å². The van der Waals surface area contributed by atoms with Crippen LogP contribution in [0.3, 0.4) is 0 Å². The van der Waals surface area contributed by atoms with Crippen LogP contribution in [0.4, 0.5) is 0 Å². The number of pyridine rings is 1. The molecule has 5 nitrogen and oxygen atoms in total. The molecule has 1 saturated carbocycles. The Kier molecular flexibility index (Phi) is 3.98. The van der Waals surface area contributed by atoms with E-state index >= 15 is 0 Å². The van der Waals surface area contributed by atoms with Gasteiger partial charge in [0.2, 0.25) is 5.91 Å². The lowest BCUT2D eigenvalue weighted by Crippen LogP contribution is -2.63. The summed E-state index contributed by atoms with van der Waals surface area (Å²) in [6.45, 7) is 1.43. The van der Waals surface area contributed by atoms with Crippen LogP contribution in [0, 0.1) is 11.8 Å². The number of fused-ring (bicyclic) bond motifs is 1. The van der Waals surface area contributed by atoms with Gasteiger partial charge in [0, 0.05) is 43.5 Å². The van der Waals surface area contributed by atoms with E-state index in [1.165, 1.54) is 0 Å². The number of rotatable bonds is 5. The van der Waals surface area contributed by atoms with Gasteiger partial charge in [-0.3, -0.25) is 9.78 Å². The molecule has 5 heteroatoms. The Balaban J connectivity index is 1.57. The highest BCUT2D eigenvalue weighted by Gasteiger charge is 2.54. The maximum atomic E-state index is 12.1. The predicted octanol–water partition coefficient (Wildman–Crippen LogP) is 0.790. The van der Waals surface area contributed by atoms with Crippen LogP contribution >= 0.6 is 0 Å². The second kappa shape index (κ2) is 5.89. The van der Waals surface area contributed by atoms with Crippen molar-refractivity contribution in [3.8, 4) is 0 Å². The number of amides is 1. The summed E-state index contributed by atoms with van der Waals surface area (Å²) in [5.41, 5.74) is 0.798. The number of aromatic nitrogens is 1. The molecule has 1 aliphatic heterocycles. The third-order valence-electron chi connectivity index (χ3n) is 4.28. The second-order valence-electron chi connectivity index (χ2n) is 5.50. The van der Waals surface area contributed by atoms with E-state index in [1.807, 2.05) is 18.2 Å². The number of carbonyl (C=O) groups is 1. The van der Waals surface area contributed by atoms with Crippen LogP contribution in [0.15, 0.2) is 24.4 Å². The Hall–Kier alpha value is -1.46. The van der Waals surface area contributed by atoms with Crippen molar-refractivity contribution in [2.45, 2.75) is 25.0 Å². The van der Waals surface area contributed by atoms with E-state index in [2.05, 4.69) is 10.3 Å². The highest BCUT2D eigenvalue weighted by molar-refractivity contribution is 5.78.